The summed E-state index contributed by atoms with van der Waals surface area (Å²) < 4.78 is 0. The van der Waals surface area contributed by atoms with Gasteiger partial charge in [0.15, 0.2) is 0 Å². The minimum Gasteiger partial charge on any atom is -1.00 e. The normalized spacial score (nSPS) is 0. The van der Waals surface area contributed by atoms with Gasteiger partial charge in [-0.25, -0.2) is 0 Å². The maximum Gasteiger partial charge on any atom is 2.00 e. The van der Waals surface area contributed by atoms with Crippen molar-refractivity contribution in [1.82, 2.24) is 0 Å². The summed E-state index contributed by atoms with van der Waals surface area (Å²) in [5.74, 6) is 0. The standard InChI is InChI=1S/2ClH.Cu.6H2O/h2*1H;;6*1H2/q;;+2;;;;;;/p-2. The van der Waals surface area contributed by atoms with E-state index in [1.54, 1.807) is 0 Å². The van der Waals surface area contributed by atoms with Crippen LogP contribution in [0.15, 0.2) is 0 Å². The van der Waals surface area contributed by atoms with Crippen LogP contribution in [0.2, 0.25) is 0 Å². The number of halogens is 2. The van der Waals surface area contributed by atoms with Gasteiger partial charge in [-0.15, -0.1) is 0 Å². The van der Waals surface area contributed by atoms with Crippen molar-refractivity contribution in [3.05, 3.63) is 0 Å². The molecule has 0 bridgehead atoms. The SMILES string of the molecule is O.O.O.O.O.O.[Cl-].[Cl-].[Cu+2]. The first-order valence-electron chi connectivity index (χ1n) is 0. The number of rotatable bonds is 0. The van der Waals surface area contributed by atoms with Gasteiger partial charge in [0.1, 0.15) is 0 Å². The maximum absolute atomic E-state index is 0. The van der Waals surface area contributed by atoms with E-state index >= 15 is 0 Å². The van der Waals surface area contributed by atoms with E-state index in [1.165, 1.54) is 0 Å². The molecule has 9 heteroatoms. The van der Waals surface area contributed by atoms with Gasteiger partial charge in [-0.3, -0.25) is 0 Å². The topological polar surface area (TPSA) is 189 Å². The Kier molecular flexibility index (Phi) is 86200. The maximum atomic E-state index is 0. The first-order chi connectivity index (χ1) is 0. The number of hydrogen-bond donors (Lipinski definition) is 0. The average Bonchev–Trinajstić information content (AvgIpc) is 0. The number of hydrogen-bond acceptors (Lipinski definition) is 0. The molecule has 0 fully saturated rings. The Morgan fingerprint density at radius 2 is 0.333 bits per heavy atom. The Hall–Kier alpha value is 0.859. The summed E-state index contributed by atoms with van der Waals surface area (Å²) in [5, 5.41) is 0. The minimum absolute atomic E-state index is 0. The first kappa shape index (κ1) is 1050. The second-order valence-electron chi connectivity index (χ2n) is 0. The molecule has 0 atom stereocenters. The molecular formula is H12Cl2CuO6. The molecule has 0 aliphatic heterocycles. The van der Waals surface area contributed by atoms with Crippen LogP contribution in [-0.2, 0) is 17.1 Å². The second-order valence-corrected chi connectivity index (χ2v) is 0. The van der Waals surface area contributed by atoms with E-state index in [4.69, 9.17) is 0 Å². The van der Waals surface area contributed by atoms with Gasteiger partial charge >= 0.3 is 17.1 Å². The van der Waals surface area contributed by atoms with Crippen LogP contribution in [0.5, 0.6) is 0 Å². The second kappa shape index (κ2) is 741. The van der Waals surface area contributed by atoms with Crippen molar-refractivity contribution >= 4 is 0 Å². The van der Waals surface area contributed by atoms with Crippen LogP contribution in [0.1, 0.15) is 0 Å². The molecule has 9 heavy (non-hydrogen) atoms. The molecule has 0 spiro atoms. The van der Waals surface area contributed by atoms with Crippen molar-refractivity contribution in [1.29, 1.82) is 0 Å². The molecule has 0 rings (SSSR count). The third kappa shape index (κ3) is 564. The van der Waals surface area contributed by atoms with E-state index in [-0.39, 0.29) is 74.7 Å². The Balaban J connectivity index is 0. The zero-order chi connectivity index (χ0) is 0. The summed E-state index contributed by atoms with van der Waals surface area (Å²) in [6, 6.07) is 0. The van der Waals surface area contributed by atoms with Crippen molar-refractivity contribution in [2.75, 3.05) is 0 Å². The molecule has 0 saturated heterocycles. The quantitative estimate of drug-likeness (QED) is 0.365. The predicted octanol–water partition coefficient (Wildman–Crippen LogP) is -10.9. The smallest absolute Gasteiger partial charge is 1.00 e. The molecule has 0 aromatic rings. The first-order valence-corrected chi connectivity index (χ1v) is 0. The third-order valence-corrected chi connectivity index (χ3v) is 0. The zero-order valence-corrected chi connectivity index (χ0v) is 6.51. The van der Waals surface area contributed by atoms with Crippen LogP contribution in [-0.4, -0.2) is 32.9 Å². The van der Waals surface area contributed by atoms with Crippen LogP contribution in [0.25, 0.3) is 0 Å². The van der Waals surface area contributed by atoms with Crippen molar-refractivity contribution in [3.8, 4) is 0 Å². The molecule has 0 heterocycles. The Morgan fingerprint density at radius 1 is 0.333 bits per heavy atom. The zero-order valence-electron chi connectivity index (χ0n) is 4.06. The fourth-order valence-electron chi connectivity index (χ4n) is 0. The van der Waals surface area contributed by atoms with Gasteiger partial charge in [-0.05, 0) is 0 Å². The Labute approximate surface area is 75.2 Å². The Morgan fingerprint density at radius 3 is 0.333 bits per heavy atom. The molecule has 0 aromatic heterocycles. The van der Waals surface area contributed by atoms with Crippen molar-refractivity contribution in [2.45, 2.75) is 0 Å². The molecule has 12 N–H and O–H groups in total. The van der Waals surface area contributed by atoms with Gasteiger partial charge in [0, 0.05) is 0 Å². The molecule has 0 aliphatic rings. The minimum atomic E-state index is 0. The van der Waals surface area contributed by atoms with E-state index in [1.807, 2.05) is 0 Å². The summed E-state index contributed by atoms with van der Waals surface area (Å²) in [6.45, 7) is 0. The Bertz CT molecular complexity index is 11.0. The third-order valence-electron chi connectivity index (χ3n) is 0. The van der Waals surface area contributed by atoms with Crippen LogP contribution in [0, 0.1) is 0 Å². The van der Waals surface area contributed by atoms with Crippen LogP contribution in [0.3, 0.4) is 0 Å². The van der Waals surface area contributed by atoms with Gasteiger partial charge in [0.25, 0.3) is 0 Å². The van der Waals surface area contributed by atoms with Crippen molar-refractivity contribution in [3.63, 3.8) is 0 Å². The summed E-state index contributed by atoms with van der Waals surface area (Å²) in [7, 11) is 0. The molecule has 0 saturated carbocycles. The van der Waals surface area contributed by atoms with Gasteiger partial charge in [0.2, 0.25) is 0 Å². The van der Waals surface area contributed by atoms with Crippen molar-refractivity contribution in [2.24, 2.45) is 0 Å². The molecule has 0 unspecified atom stereocenters. The fraction of sp³-hybridized carbons (Fsp3) is 0. The summed E-state index contributed by atoms with van der Waals surface area (Å²) in [6.07, 6.45) is 0. The summed E-state index contributed by atoms with van der Waals surface area (Å²) in [4.78, 5) is 0. The molecule has 0 aromatic carbocycles. The molecule has 0 amide bonds. The van der Waals surface area contributed by atoms with Crippen LogP contribution >= 0.6 is 0 Å². The predicted molar refractivity (Wildman–Crippen MR) is 21.7 cm³/mol. The fourth-order valence-corrected chi connectivity index (χ4v) is 0. The molecular weight excluding hydrogens is 230 g/mol. The monoisotopic (exact) mass is 241 g/mol. The van der Waals surface area contributed by atoms with Gasteiger partial charge in [-0.2, -0.15) is 0 Å². The van der Waals surface area contributed by atoms with E-state index in [9.17, 15) is 0 Å². The molecule has 6 nitrogen and oxygen atoms in total. The van der Waals surface area contributed by atoms with E-state index < -0.39 is 0 Å². The summed E-state index contributed by atoms with van der Waals surface area (Å²) in [5.41, 5.74) is 0. The average molecular weight is 243 g/mol. The molecule has 1 radical (unpaired) electrons. The van der Waals surface area contributed by atoms with E-state index in [2.05, 4.69) is 0 Å². The van der Waals surface area contributed by atoms with Crippen molar-refractivity contribution < 1.29 is 74.7 Å². The van der Waals surface area contributed by atoms with E-state index in [0.29, 0.717) is 0 Å². The molecule has 73 valence electrons. The van der Waals surface area contributed by atoms with Crippen LogP contribution in [0.4, 0.5) is 0 Å². The van der Waals surface area contributed by atoms with Gasteiger partial charge < -0.3 is 57.7 Å². The van der Waals surface area contributed by atoms with Gasteiger partial charge in [-0.1, -0.05) is 0 Å². The van der Waals surface area contributed by atoms with E-state index in [0.717, 1.165) is 0 Å². The van der Waals surface area contributed by atoms with Gasteiger partial charge in [0.05, 0.1) is 0 Å². The summed E-state index contributed by atoms with van der Waals surface area (Å²) >= 11 is 0. The largest absolute Gasteiger partial charge is 2.00 e. The van der Waals surface area contributed by atoms with Crippen LogP contribution < -0.4 is 24.8 Å². The molecule has 0 aliphatic carbocycles.